The third-order valence-electron chi connectivity index (χ3n) is 4.44. The molecule has 0 saturated carbocycles. The summed E-state index contributed by atoms with van der Waals surface area (Å²) in [5.41, 5.74) is 3.03. The fourth-order valence-electron chi connectivity index (χ4n) is 2.82. The zero-order valence-electron chi connectivity index (χ0n) is 17.0. The van der Waals surface area contributed by atoms with Crippen LogP contribution < -0.4 is 15.4 Å². The van der Waals surface area contributed by atoms with E-state index in [1.807, 2.05) is 32.9 Å². The molecule has 1 heterocycles. The SMILES string of the molecule is Cc1cc(OCC(=O)Nc2ccc(NC(=O)c3ccco3)cc2)c(C(C)C)cc1Cl. The van der Waals surface area contributed by atoms with Gasteiger partial charge in [0.05, 0.1) is 6.26 Å². The van der Waals surface area contributed by atoms with Crippen LogP contribution in [0.15, 0.2) is 59.2 Å². The number of hydrogen-bond acceptors (Lipinski definition) is 4. The van der Waals surface area contributed by atoms with Crippen LogP contribution in [0, 0.1) is 6.92 Å². The lowest BCUT2D eigenvalue weighted by Gasteiger charge is -2.16. The van der Waals surface area contributed by atoms with Gasteiger partial charge in [0.15, 0.2) is 12.4 Å². The van der Waals surface area contributed by atoms with Crippen molar-refractivity contribution in [2.75, 3.05) is 17.2 Å². The predicted octanol–water partition coefficient (Wildman–Crippen LogP) is 5.63. The van der Waals surface area contributed by atoms with Crippen LogP contribution in [-0.4, -0.2) is 18.4 Å². The molecule has 0 fully saturated rings. The summed E-state index contributed by atoms with van der Waals surface area (Å²) in [6, 6.07) is 13.7. The largest absolute Gasteiger partial charge is 0.483 e. The van der Waals surface area contributed by atoms with Crippen molar-refractivity contribution >= 4 is 34.8 Å². The summed E-state index contributed by atoms with van der Waals surface area (Å²) in [6.07, 6.45) is 1.44. The Kier molecular flexibility index (Phi) is 6.79. The molecule has 2 N–H and O–H groups in total. The van der Waals surface area contributed by atoms with Crippen molar-refractivity contribution in [1.82, 2.24) is 0 Å². The number of carbonyl (C=O) groups excluding carboxylic acids is 2. The molecule has 0 atom stereocenters. The van der Waals surface area contributed by atoms with E-state index >= 15 is 0 Å². The maximum atomic E-state index is 12.3. The van der Waals surface area contributed by atoms with Crippen LogP contribution in [-0.2, 0) is 4.79 Å². The van der Waals surface area contributed by atoms with Crippen molar-refractivity contribution in [1.29, 1.82) is 0 Å². The van der Waals surface area contributed by atoms with Gasteiger partial charge in [-0.2, -0.15) is 0 Å². The van der Waals surface area contributed by atoms with Crippen LogP contribution in [0.5, 0.6) is 5.75 Å². The molecule has 0 saturated heterocycles. The van der Waals surface area contributed by atoms with Gasteiger partial charge < -0.3 is 19.8 Å². The molecule has 0 bridgehead atoms. The minimum atomic E-state index is -0.343. The molecule has 0 spiro atoms. The second-order valence-electron chi connectivity index (χ2n) is 7.14. The van der Waals surface area contributed by atoms with Gasteiger partial charge in [-0.3, -0.25) is 9.59 Å². The molecule has 6 nitrogen and oxygen atoms in total. The van der Waals surface area contributed by atoms with Crippen molar-refractivity contribution in [3.05, 3.63) is 76.7 Å². The number of carbonyl (C=O) groups is 2. The van der Waals surface area contributed by atoms with Crippen LogP contribution in [0.4, 0.5) is 11.4 Å². The van der Waals surface area contributed by atoms with Gasteiger partial charge in [0.1, 0.15) is 5.75 Å². The molecule has 0 unspecified atom stereocenters. The van der Waals surface area contributed by atoms with Crippen molar-refractivity contribution in [2.24, 2.45) is 0 Å². The van der Waals surface area contributed by atoms with Gasteiger partial charge in [-0.1, -0.05) is 25.4 Å². The second-order valence-corrected chi connectivity index (χ2v) is 7.55. The molecular weight excluding hydrogens is 404 g/mol. The predicted molar refractivity (Wildman–Crippen MR) is 118 cm³/mol. The Morgan fingerprint density at radius 1 is 1.07 bits per heavy atom. The van der Waals surface area contributed by atoms with Crippen LogP contribution in [0.2, 0.25) is 5.02 Å². The van der Waals surface area contributed by atoms with Crippen LogP contribution in [0.3, 0.4) is 0 Å². The lowest BCUT2D eigenvalue weighted by atomic mass is 10.0. The van der Waals surface area contributed by atoms with E-state index in [-0.39, 0.29) is 30.1 Å². The summed E-state index contributed by atoms with van der Waals surface area (Å²) >= 11 is 6.21. The molecule has 0 radical (unpaired) electrons. The highest BCUT2D eigenvalue weighted by molar-refractivity contribution is 6.31. The molecule has 2 aromatic carbocycles. The number of anilines is 2. The van der Waals surface area contributed by atoms with E-state index in [0.29, 0.717) is 22.1 Å². The summed E-state index contributed by atoms with van der Waals surface area (Å²) < 4.78 is 10.8. The van der Waals surface area contributed by atoms with E-state index < -0.39 is 0 Å². The molecule has 30 heavy (non-hydrogen) atoms. The Bertz CT molecular complexity index is 1030. The third-order valence-corrected chi connectivity index (χ3v) is 4.85. The van der Waals surface area contributed by atoms with Crippen molar-refractivity contribution in [3.8, 4) is 5.75 Å². The van der Waals surface area contributed by atoms with Crippen molar-refractivity contribution in [3.63, 3.8) is 0 Å². The third kappa shape index (κ3) is 5.42. The molecule has 0 aliphatic heterocycles. The normalized spacial score (nSPS) is 10.7. The van der Waals surface area contributed by atoms with Crippen molar-refractivity contribution in [2.45, 2.75) is 26.7 Å². The Balaban J connectivity index is 1.56. The molecule has 1 aromatic heterocycles. The fourth-order valence-corrected chi connectivity index (χ4v) is 3.00. The standard InChI is InChI=1S/C23H23ClN2O4/c1-14(2)18-12-19(24)15(3)11-21(18)30-13-22(27)25-16-6-8-17(9-7-16)26-23(28)20-5-4-10-29-20/h4-12,14H,13H2,1-3H3,(H,25,27)(H,26,28). The first-order valence-electron chi connectivity index (χ1n) is 9.51. The second kappa shape index (κ2) is 9.50. The summed E-state index contributed by atoms with van der Waals surface area (Å²) in [7, 11) is 0. The van der Waals surface area contributed by atoms with E-state index in [1.54, 1.807) is 36.4 Å². The number of amides is 2. The first-order valence-corrected chi connectivity index (χ1v) is 9.89. The average molecular weight is 427 g/mol. The van der Waals surface area contributed by atoms with Crippen LogP contribution in [0.25, 0.3) is 0 Å². The Labute approximate surface area is 180 Å². The number of ether oxygens (including phenoxy) is 1. The van der Waals surface area contributed by atoms with E-state index in [1.165, 1.54) is 6.26 Å². The number of benzene rings is 2. The summed E-state index contributed by atoms with van der Waals surface area (Å²) in [6.45, 7) is 5.85. The minimum Gasteiger partial charge on any atom is -0.483 e. The Hall–Kier alpha value is -3.25. The smallest absolute Gasteiger partial charge is 0.291 e. The molecular formula is C23H23ClN2O4. The zero-order chi connectivity index (χ0) is 21.7. The molecule has 0 aliphatic rings. The van der Waals surface area contributed by atoms with Gasteiger partial charge in [-0.25, -0.2) is 0 Å². The van der Waals surface area contributed by atoms with Gasteiger partial charge in [-0.15, -0.1) is 0 Å². The molecule has 3 rings (SSSR count). The van der Waals surface area contributed by atoms with Gasteiger partial charge in [0.2, 0.25) is 0 Å². The lowest BCUT2D eigenvalue weighted by Crippen LogP contribution is -2.20. The van der Waals surface area contributed by atoms with E-state index in [2.05, 4.69) is 10.6 Å². The highest BCUT2D eigenvalue weighted by Crippen LogP contribution is 2.32. The number of hydrogen-bond donors (Lipinski definition) is 2. The molecule has 0 aliphatic carbocycles. The summed E-state index contributed by atoms with van der Waals surface area (Å²) in [5, 5.41) is 6.17. The van der Waals surface area contributed by atoms with Crippen LogP contribution >= 0.6 is 11.6 Å². The van der Waals surface area contributed by atoms with E-state index in [0.717, 1.165) is 11.1 Å². The maximum Gasteiger partial charge on any atom is 0.291 e. The maximum absolute atomic E-state index is 12.3. The van der Waals surface area contributed by atoms with Gasteiger partial charge in [-0.05, 0) is 72.5 Å². The Morgan fingerprint density at radius 2 is 1.73 bits per heavy atom. The summed E-state index contributed by atoms with van der Waals surface area (Å²) in [4.78, 5) is 24.3. The monoisotopic (exact) mass is 426 g/mol. The first-order chi connectivity index (χ1) is 14.3. The number of halogens is 1. The van der Waals surface area contributed by atoms with Gasteiger partial charge in [0.25, 0.3) is 11.8 Å². The lowest BCUT2D eigenvalue weighted by molar-refractivity contribution is -0.118. The Morgan fingerprint density at radius 3 is 2.33 bits per heavy atom. The van der Waals surface area contributed by atoms with Gasteiger partial charge >= 0.3 is 0 Å². The minimum absolute atomic E-state index is 0.127. The summed E-state index contributed by atoms with van der Waals surface area (Å²) in [5.74, 6) is 0.458. The number of nitrogens with one attached hydrogen (secondary N) is 2. The quantitative estimate of drug-likeness (QED) is 0.512. The number of rotatable bonds is 7. The fraction of sp³-hybridized carbons (Fsp3) is 0.217. The van der Waals surface area contributed by atoms with Gasteiger partial charge in [0, 0.05) is 16.4 Å². The molecule has 2 amide bonds. The number of furan rings is 1. The topological polar surface area (TPSA) is 80.6 Å². The number of aryl methyl sites for hydroxylation is 1. The van der Waals surface area contributed by atoms with E-state index in [9.17, 15) is 9.59 Å². The molecule has 156 valence electrons. The van der Waals surface area contributed by atoms with Crippen molar-refractivity contribution < 1.29 is 18.7 Å². The zero-order valence-corrected chi connectivity index (χ0v) is 17.7. The van der Waals surface area contributed by atoms with Crippen LogP contribution in [0.1, 0.15) is 41.4 Å². The molecule has 7 heteroatoms. The molecule has 3 aromatic rings. The highest BCUT2D eigenvalue weighted by Gasteiger charge is 2.13. The first kappa shape index (κ1) is 21.5. The van der Waals surface area contributed by atoms with E-state index in [4.69, 9.17) is 20.8 Å². The average Bonchev–Trinajstić information content (AvgIpc) is 3.25. The highest BCUT2D eigenvalue weighted by atomic mass is 35.5.